The fourth-order valence-electron chi connectivity index (χ4n) is 1.64. The molecule has 5 nitrogen and oxygen atoms in total. The molecule has 2 N–H and O–H groups in total. The van der Waals surface area contributed by atoms with Crippen LogP contribution in [0.2, 0.25) is 5.02 Å². The molecule has 0 unspecified atom stereocenters. The summed E-state index contributed by atoms with van der Waals surface area (Å²) in [5.41, 5.74) is 0.791. The highest BCUT2D eigenvalue weighted by molar-refractivity contribution is 6.32. The van der Waals surface area contributed by atoms with E-state index < -0.39 is 0 Å². The first-order chi connectivity index (χ1) is 9.52. The molecule has 0 saturated heterocycles. The second-order valence-electron chi connectivity index (χ2n) is 4.71. The molecular weight excluding hydrogens is 278 g/mol. The minimum Gasteiger partial charge on any atom is -0.495 e. The maximum atomic E-state index is 11.6. The monoisotopic (exact) mass is 299 g/mol. The molecule has 20 heavy (non-hydrogen) atoms. The van der Waals surface area contributed by atoms with Gasteiger partial charge in [-0.3, -0.25) is 4.79 Å². The largest absolute Gasteiger partial charge is 0.495 e. The van der Waals surface area contributed by atoms with Crippen LogP contribution in [0.15, 0.2) is 18.2 Å². The molecule has 6 heteroatoms. The number of anilines is 1. The molecule has 1 amide bonds. The van der Waals surface area contributed by atoms with Crippen molar-refractivity contribution >= 4 is 23.2 Å². The Morgan fingerprint density at radius 2 is 2.15 bits per heavy atom. The zero-order valence-electron chi connectivity index (χ0n) is 12.2. The highest BCUT2D eigenvalue weighted by Crippen LogP contribution is 2.26. The van der Waals surface area contributed by atoms with Crippen molar-refractivity contribution in [2.75, 3.05) is 46.2 Å². The van der Waals surface area contributed by atoms with E-state index in [0.717, 1.165) is 18.7 Å². The van der Waals surface area contributed by atoms with Crippen LogP contribution in [0.25, 0.3) is 0 Å². The molecule has 0 spiro atoms. The molecule has 112 valence electrons. The number of benzene rings is 1. The minimum atomic E-state index is -0.0318. The first kappa shape index (κ1) is 16.6. The van der Waals surface area contributed by atoms with E-state index in [1.54, 1.807) is 19.2 Å². The second-order valence-corrected chi connectivity index (χ2v) is 5.12. The fraction of sp³-hybridized carbons (Fsp3) is 0.500. The zero-order valence-corrected chi connectivity index (χ0v) is 13.0. The van der Waals surface area contributed by atoms with Gasteiger partial charge in [0.25, 0.3) is 0 Å². The van der Waals surface area contributed by atoms with Gasteiger partial charge >= 0.3 is 0 Å². The van der Waals surface area contributed by atoms with Gasteiger partial charge in [-0.2, -0.15) is 0 Å². The normalized spacial score (nSPS) is 10.4. The summed E-state index contributed by atoms with van der Waals surface area (Å²) in [6.45, 7) is 1.87. The van der Waals surface area contributed by atoms with E-state index >= 15 is 0 Å². The molecule has 0 radical (unpaired) electrons. The Kier molecular flexibility index (Phi) is 7.18. The Hall–Kier alpha value is -1.46. The lowest BCUT2D eigenvalue weighted by Crippen LogP contribution is -2.31. The number of carbonyl (C=O) groups excluding carboxylic acids is 1. The molecule has 0 aromatic heterocycles. The van der Waals surface area contributed by atoms with Gasteiger partial charge in [0, 0.05) is 12.2 Å². The van der Waals surface area contributed by atoms with E-state index in [-0.39, 0.29) is 12.5 Å². The van der Waals surface area contributed by atoms with E-state index in [9.17, 15) is 4.79 Å². The fourth-order valence-corrected chi connectivity index (χ4v) is 1.90. The molecule has 0 fully saturated rings. The third-order valence-electron chi connectivity index (χ3n) is 2.71. The first-order valence-corrected chi connectivity index (χ1v) is 6.89. The number of nitrogens with zero attached hydrogens (tertiary/aromatic N) is 1. The number of nitrogens with one attached hydrogen (secondary N) is 2. The standard InChI is InChI=1S/C14H22ClN3O2/c1-18(2)8-4-7-16-14(19)10-17-11-5-6-13(20-3)12(15)9-11/h5-6,9,17H,4,7-8,10H2,1-3H3,(H,16,19). The summed E-state index contributed by atoms with van der Waals surface area (Å²) in [6.07, 6.45) is 0.938. The van der Waals surface area contributed by atoms with Gasteiger partial charge in [-0.05, 0) is 45.3 Å². The average Bonchev–Trinajstić information content (AvgIpc) is 2.41. The maximum absolute atomic E-state index is 11.6. The number of ether oxygens (including phenoxy) is 1. The predicted molar refractivity (Wildman–Crippen MR) is 82.7 cm³/mol. The van der Waals surface area contributed by atoms with Crippen LogP contribution in [0, 0.1) is 0 Å². The highest BCUT2D eigenvalue weighted by Gasteiger charge is 2.04. The van der Waals surface area contributed by atoms with Crippen LogP contribution < -0.4 is 15.4 Å². The predicted octanol–water partition coefficient (Wildman–Crippen LogP) is 1.83. The molecular formula is C14H22ClN3O2. The number of halogens is 1. The first-order valence-electron chi connectivity index (χ1n) is 6.51. The maximum Gasteiger partial charge on any atom is 0.239 e. The van der Waals surface area contributed by atoms with Crippen LogP contribution in [0.1, 0.15) is 6.42 Å². The zero-order chi connectivity index (χ0) is 15.0. The van der Waals surface area contributed by atoms with Gasteiger partial charge in [-0.25, -0.2) is 0 Å². The Labute approximate surface area is 125 Å². The van der Waals surface area contributed by atoms with Crippen LogP contribution in [0.3, 0.4) is 0 Å². The Balaban J connectivity index is 2.28. The second kappa shape index (κ2) is 8.66. The van der Waals surface area contributed by atoms with E-state index in [4.69, 9.17) is 16.3 Å². The van der Waals surface area contributed by atoms with Gasteiger partial charge in [0.15, 0.2) is 0 Å². The van der Waals surface area contributed by atoms with Crippen LogP contribution in [0.4, 0.5) is 5.69 Å². The minimum absolute atomic E-state index is 0.0318. The third kappa shape index (κ3) is 6.12. The van der Waals surface area contributed by atoms with E-state index in [2.05, 4.69) is 15.5 Å². The number of methoxy groups -OCH3 is 1. The van der Waals surface area contributed by atoms with Crippen molar-refractivity contribution in [3.63, 3.8) is 0 Å². The topological polar surface area (TPSA) is 53.6 Å². The quantitative estimate of drug-likeness (QED) is 0.719. The summed E-state index contributed by atoms with van der Waals surface area (Å²) in [6, 6.07) is 5.32. The Morgan fingerprint density at radius 3 is 2.75 bits per heavy atom. The van der Waals surface area contributed by atoms with Gasteiger partial charge < -0.3 is 20.3 Å². The lowest BCUT2D eigenvalue weighted by atomic mass is 10.3. The molecule has 0 bridgehead atoms. The Bertz CT molecular complexity index is 438. The van der Waals surface area contributed by atoms with Crippen LogP contribution >= 0.6 is 11.6 Å². The smallest absolute Gasteiger partial charge is 0.239 e. The van der Waals surface area contributed by atoms with Crippen molar-refractivity contribution in [2.45, 2.75) is 6.42 Å². The molecule has 0 atom stereocenters. The van der Waals surface area contributed by atoms with Gasteiger partial charge in [-0.1, -0.05) is 11.6 Å². The molecule has 0 aliphatic rings. The molecule has 0 saturated carbocycles. The van der Waals surface area contributed by atoms with E-state index in [1.165, 1.54) is 0 Å². The number of hydrogen-bond acceptors (Lipinski definition) is 4. The SMILES string of the molecule is COc1ccc(NCC(=O)NCCCN(C)C)cc1Cl. The summed E-state index contributed by atoms with van der Waals surface area (Å²) in [7, 11) is 5.59. The summed E-state index contributed by atoms with van der Waals surface area (Å²) < 4.78 is 5.07. The number of hydrogen-bond donors (Lipinski definition) is 2. The molecule has 0 aliphatic carbocycles. The number of amides is 1. The van der Waals surface area contributed by atoms with E-state index in [0.29, 0.717) is 17.3 Å². The molecule has 1 aromatic carbocycles. The van der Waals surface area contributed by atoms with Crippen molar-refractivity contribution in [3.05, 3.63) is 23.2 Å². The molecule has 0 heterocycles. The Morgan fingerprint density at radius 1 is 1.40 bits per heavy atom. The summed E-state index contributed by atoms with van der Waals surface area (Å²) >= 11 is 6.01. The van der Waals surface area contributed by atoms with E-state index in [1.807, 2.05) is 20.2 Å². The third-order valence-corrected chi connectivity index (χ3v) is 3.00. The van der Waals surface area contributed by atoms with Crippen molar-refractivity contribution in [1.29, 1.82) is 0 Å². The van der Waals surface area contributed by atoms with Crippen molar-refractivity contribution in [2.24, 2.45) is 0 Å². The van der Waals surface area contributed by atoms with Crippen LogP contribution in [-0.2, 0) is 4.79 Å². The van der Waals surface area contributed by atoms with Gasteiger partial charge in [0.05, 0.1) is 18.7 Å². The van der Waals surface area contributed by atoms with Crippen molar-refractivity contribution in [3.8, 4) is 5.75 Å². The highest BCUT2D eigenvalue weighted by atomic mass is 35.5. The average molecular weight is 300 g/mol. The summed E-state index contributed by atoms with van der Waals surface area (Å²) in [5, 5.41) is 6.40. The van der Waals surface area contributed by atoms with Crippen LogP contribution in [0.5, 0.6) is 5.75 Å². The van der Waals surface area contributed by atoms with Crippen molar-refractivity contribution in [1.82, 2.24) is 10.2 Å². The summed E-state index contributed by atoms with van der Waals surface area (Å²) in [4.78, 5) is 13.7. The number of rotatable bonds is 8. The molecule has 1 rings (SSSR count). The molecule has 1 aromatic rings. The van der Waals surface area contributed by atoms with Crippen molar-refractivity contribution < 1.29 is 9.53 Å². The lowest BCUT2D eigenvalue weighted by molar-refractivity contribution is -0.119. The lowest BCUT2D eigenvalue weighted by Gasteiger charge is -2.11. The van der Waals surface area contributed by atoms with Crippen LogP contribution in [-0.4, -0.2) is 51.6 Å². The molecule has 0 aliphatic heterocycles. The van der Waals surface area contributed by atoms with Gasteiger partial charge in [0.2, 0.25) is 5.91 Å². The number of carbonyl (C=O) groups is 1. The van der Waals surface area contributed by atoms with Gasteiger partial charge in [-0.15, -0.1) is 0 Å². The summed E-state index contributed by atoms with van der Waals surface area (Å²) in [5.74, 6) is 0.584. The van der Waals surface area contributed by atoms with Gasteiger partial charge in [0.1, 0.15) is 5.75 Å².